The van der Waals surface area contributed by atoms with Crippen LogP contribution in [0.5, 0.6) is 0 Å². The van der Waals surface area contributed by atoms with E-state index in [0.29, 0.717) is 23.8 Å². The van der Waals surface area contributed by atoms with Crippen LogP contribution in [0, 0.1) is 0 Å². The van der Waals surface area contributed by atoms with E-state index < -0.39 is 0 Å². The number of carbonyl (C=O) groups excluding carboxylic acids is 1. The molecule has 5 nitrogen and oxygen atoms in total. The summed E-state index contributed by atoms with van der Waals surface area (Å²) in [6.45, 7) is 6.05. The number of rotatable bonds is 2. The van der Waals surface area contributed by atoms with E-state index in [0.717, 1.165) is 18.1 Å². The van der Waals surface area contributed by atoms with Gasteiger partial charge in [-0.1, -0.05) is 25.4 Å². The molecule has 0 aliphatic carbocycles. The maximum absolute atomic E-state index is 12.7. The van der Waals surface area contributed by atoms with Gasteiger partial charge in [0.05, 0.1) is 6.54 Å². The van der Waals surface area contributed by atoms with Crippen molar-refractivity contribution >= 4 is 17.5 Å². The Bertz CT molecular complexity index is 680. The van der Waals surface area contributed by atoms with Gasteiger partial charge in [-0.05, 0) is 18.1 Å². The Labute approximate surface area is 128 Å². The summed E-state index contributed by atoms with van der Waals surface area (Å²) < 4.78 is 2.07. The van der Waals surface area contributed by atoms with Gasteiger partial charge in [0.25, 0.3) is 5.91 Å². The number of hydrogen-bond donors (Lipinski definition) is 0. The Kier molecular flexibility index (Phi) is 3.68. The number of pyridine rings is 1. The Hall–Kier alpha value is -1.88. The highest BCUT2D eigenvalue weighted by molar-refractivity contribution is 6.29. The predicted molar refractivity (Wildman–Crippen MR) is 80.3 cm³/mol. The molecule has 2 aromatic rings. The van der Waals surface area contributed by atoms with E-state index in [-0.39, 0.29) is 11.8 Å². The summed E-state index contributed by atoms with van der Waals surface area (Å²) in [5.74, 6) is 1.13. The van der Waals surface area contributed by atoms with E-state index in [2.05, 4.69) is 14.5 Å². The molecule has 0 atom stereocenters. The standard InChI is InChI=1S/C15H17ClN4O/c1-10(2)12-7-11(8-13(16)18-12)15(21)20-6-5-19-4-3-17-14(19)9-20/h3-4,7-8,10H,5-6,9H2,1-2H3. The van der Waals surface area contributed by atoms with Gasteiger partial charge >= 0.3 is 0 Å². The summed E-state index contributed by atoms with van der Waals surface area (Å²) in [6.07, 6.45) is 3.71. The minimum atomic E-state index is -0.0181. The highest BCUT2D eigenvalue weighted by atomic mass is 35.5. The molecule has 0 aromatic carbocycles. The van der Waals surface area contributed by atoms with Crippen LogP contribution in [0.25, 0.3) is 0 Å². The molecule has 6 heteroatoms. The van der Waals surface area contributed by atoms with Crippen LogP contribution in [0.3, 0.4) is 0 Å². The fourth-order valence-electron chi connectivity index (χ4n) is 2.47. The van der Waals surface area contributed by atoms with Gasteiger partial charge in [-0.2, -0.15) is 0 Å². The molecule has 0 radical (unpaired) electrons. The molecule has 3 heterocycles. The van der Waals surface area contributed by atoms with Gasteiger partial charge in [0.15, 0.2) is 0 Å². The van der Waals surface area contributed by atoms with Gasteiger partial charge in [0.1, 0.15) is 11.0 Å². The zero-order chi connectivity index (χ0) is 15.0. The van der Waals surface area contributed by atoms with Gasteiger partial charge < -0.3 is 9.47 Å². The van der Waals surface area contributed by atoms with Crippen molar-refractivity contribution in [1.29, 1.82) is 0 Å². The molecule has 110 valence electrons. The molecule has 1 aliphatic rings. The minimum absolute atomic E-state index is 0.0181. The Morgan fingerprint density at radius 1 is 1.33 bits per heavy atom. The van der Waals surface area contributed by atoms with Crippen molar-refractivity contribution in [3.05, 3.63) is 46.8 Å². The predicted octanol–water partition coefficient (Wildman–Crippen LogP) is 2.71. The molecule has 0 saturated carbocycles. The summed E-state index contributed by atoms with van der Waals surface area (Å²) in [7, 11) is 0. The number of carbonyl (C=O) groups is 1. The summed E-state index contributed by atoms with van der Waals surface area (Å²) in [6, 6.07) is 3.47. The summed E-state index contributed by atoms with van der Waals surface area (Å²) in [5, 5.41) is 0.364. The zero-order valence-electron chi connectivity index (χ0n) is 12.1. The number of hydrogen-bond acceptors (Lipinski definition) is 3. The second kappa shape index (κ2) is 5.48. The number of imidazole rings is 1. The lowest BCUT2D eigenvalue weighted by atomic mass is 10.1. The molecular formula is C15H17ClN4O. The Morgan fingerprint density at radius 3 is 2.90 bits per heavy atom. The van der Waals surface area contributed by atoms with Gasteiger partial charge in [0, 0.05) is 36.7 Å². The quantitative estimate of drug-likeness (QED) is 0.802. The van der Waals surface area contributed by atoms with E-state index in [1.807, 2.05) is 26.1 Å². The largest absolute Gasteiger partial charge is 0.332 e. The molecule has 1 aliphatic heterocycles. The Morgan fingerprint density at radius 2 is 2.14 bits per heavy atom. The number of amides is 1. The number of fused-ring (bicyclic) bond motifs is 1. The van der Waals surface area contributed by atoms with Crippen LogP contribution in [-0.2, 0) is 13.1 Å². The van der Waals surface area contributed by atoms with Crippen LogP contribution >= 0.6 is 11.6 Å². The second-order valence-electron chi connectivity index (χ2n) is 5.52. The third kappa shape index (κ3) is 2.78. The lowest BCUT2D eigenvalue weighted by Gasteiger charge is -2.28. The average Bonchev–Trinajstić information content (AvgIpc) is 2.93. The fourth-order valence-corrected chi connectivity index (χ4v) is 2.68. The van der Waals surface area contributed by atoms with Gasteiger partial charge in [0.2, 0.25) is 0 Å². The first-order chi connectivity index (χ1) is 10.0. The van der Waals surface area contributed by atoms with Crippen molar-refractivity contribution in [2.45, 2.75) is 32.9 Å². The smallest absolute Gasteiger partial charge is 0.254 e. The van der Waals surface area contributed by atoms with E-state index in [9.17, 15) is 4.79 Å². The van der Waals surface area contributed by atoms with Crippen LogP contribution in [-0.4, -0.2) is 31.9 Å². The summed E-state index contributed by atoms with van der Waals surface area (Å²) >= 11 is 6.04. The normalized spacial score (nSPS) is 14.4. The first-order valence-corrected chi connectivity index (χ1v) is 7.39. The molecule has 0 unspecified atom stereocenters. The monoisotopic (exact) mass is 304 g/mol. The SMILES string of the molecule is CC(C)c1cc(C(=O)N2CCn3ccnc3C2)cc(Cl)n1. The van der Waals surface area contributed by atoms with Crippen molar-refractivity contribution in [1.82, 2.24) is 19.4 Å². The lowest BCUT2D eigenvalue weighted by Crippen LogP contribution is -2.38. The lowest BCUT2D eigenvalue weighted by molar-refractivity contribution is 0.0707. The van der Waals surface area contributed by atoms with Crippen molar-refractivity contribution in [2.24, 2.45) is 0 Å². The van der Waals surface area contributed by atoms with Crippen LogP contribution in [0.4, 0.5) is 0 Å². The van der Waals surface area contributed by atoms with Crippen molar-refractivity contribution in [2.75, 3.05) is 6.54 Å². The first kappa shape index (κ1) is 14.1. The van der Waals surface area contributed by atoms with Crippen LogP contribution < -0.4 is 0 Å². The minimum Gasteiger partial charge on any atom is -0.332 e. The maximum Gasteiger partial charge on any atom is 0.254 e. The van der Waals surface area contributed by atoms with Crippen LogP contribution in [0.2, 0.25) is 5.15 Å². The van der Waals surface area contributed by atoms with Crippen molar-refractivity contribution < 1.29 is 4.79 Å². The molecule has 2 aromatic heterocycles. The average molecular weight is 305 g/mol. The molecular weight excluding hydrogens is 288 g/mol. The molecule has 0 spiro atoms. The zero-order valence-corrected chi connectivity index (χ0v) is 12.8. The van der Waals surface area contributed by atoms with E-state index in [4.69, 9.17) is 11.6 Å². The van der Waals surface area contributed by atoms with E-state index >= 15 is 0 Å². The Balaban J connectivity index is 1.86. The number of halogens is 1. The van der Waals surface area contributed by atoms with Crippen molar-refractivity contribution in [3.8, 4) is 0 Å². The van der Waals surface area contributed by atoms with Gasteiger partial charge in [-0.15, -0.1) is 0 Å². The third-order valence-electron chi connectivity index (χ3n) is 3.68. The molecule has 3 rings (SSSR count). The van der Waals surface area contributed by atoms with E-state index in [1.54, 1.807) is 17.2 Å². The summed E-state index contributed by atoms with van der Waals surface area (Å²) in [5.41, 5.74) is 1.43. The highest BCUT2D eigenvalue weighted by Crippen LogP contribution is 2.20. The molecule has 0 saturated heterocycles. The van der Waals surface area contributed by atoms with Crippen LogP contribution in [0.1, 0.15) is 41.6 Å². The maximum atomic E-state index is 12.7. The van der Waals surface area contributed by atoms with Crippen LogP contribution in [0.15, 0.2) is 24.5 Å². The molecule has 0 N–H and O–H groups in total. The molecule has 0 bridgehead atoms. The molecule has 1 amide bonds. The fraction of sp³-hybridized carbons (Fsp3) is 0.400. The molecule has 0 fully saturated rings. The van der Waals surface area contributed by atoms with Gasteiger partial charge in [-0.25, -0.2) is 9.97 Å². The van der Waals surface area contributed by atoms with Crippen molar-refractivity contribution in [3.63, 3.8) is 0 Å². The first-order valence-electron chi connectivity index (χ1n) is 7.01. The molecule has 21 heavy (non-hydrogen) atoms. The topological polar surface area (TPSA) is 51.0 Å². The number of nitrogens with zero attached hydrogens (tertiary/aromatic N) is 4. The highest BCUT2D eigenvalue weighted by Gasteiger charge is 2.23. The van der Waals surface area contributed by atoms with Gasteiger partial charge in [-0.3, -0.25) is 4.79 Å². The number of aromatic nitrogens is 3. The second-order valence-corrected chi connectivity index (χ2v) is 5.91. The van der Waals surface area contributed by atoms with E-state index in [1.165, 1.54) is 0 Å². The third-order valence-corrected chi connectivity index (χ3v) is 3.88. The summed E-state index contributed by atoms with van der Waals surface area (Å²) in [4.78, 5) is 23.0.